The highest BCUT2D eigenvalue weighted by atomic mass is 35.5. The summed E-state index contributed by atoms with van der Waals surface area (Å²) in [5.74, 6) is -0.152. The first-order valence-corrected chi connectivity index (χ1v) is 10.1. The molecule has 0 aliphatic carbocycles. The van der Waals surface area contributed by atoms with Crippen LogP contribution in [-0.4, -0.2) is 4.98 Å². The van der Waals surface area contributed by atoms with E-state index in [1.165, 1.54) is 12.1 Å². The minimum absolute atomic E-state index is 0.0901. The van der Waals surface area contributed by atoms with E-state index >= 15 is 0 Å². The fourth-order valence-corrected chi connectivity index (χ4v) is 4.62. The molecule has 1 aromatic carbocycles. The third kappa shape index (κ3) is 3.11. The molecule has 1 atom stereocenters. The number of nitrogen functional groups attached to an aromatic ring is 1. The van der Waals surface area contributed by atoms with Crippen LogP contribution in [0.2, 0.25) is 10.0 Å². The van der Waals surface area contributed by atoms with E-state index in [9.17, 15) is 4.39 Å². The van der Waals surface area contributed by atoms with Gasteiger partial charge in [0.2, 0.25) is 5.75 Å². The molecule has 4 rings (SSSR count). The zero-order valence-corrected chi connectivity index (χ0v) is 17.3. The Morgan fingerprint density at radius 2 is 2.04 bits per heavy atom. The van der Waals surface area contributed by atoms with Gasteiger partial charge in [0.1, 0.15) is 11.9 Å². The number of anilines is 1. The van der Waals surface area contributed by atoms with Crippen LogP contribution in [0, 0.1) is 12.7 Å². The lowest BCUT2D eigenvalue weighted by Gasteiger charge is -2.18. The quantitative estimate of drug-likeness (QED) is 0.348. The van der Waals surface area contributed by atoms with Crippen molar-refractivity contribution in [1.82, 2.24) is 4.98 Å². The van der Waals surface area contributed by atoms with E-state index in [0.717, 1.165) is 22.1 Å². The Morgan fingerprint density at radius 1 is 1.25 bits per heavy atom. The Bertz CT molecular complexity index is 1190. The molecule has 28 heavy (non-hydrogen) atoms. The summed E-state index contributed by atoms with van der Waals surface area (Å²) in [6.45, 7) is 3.74. The number of nitrogens with two attached hydrogens (primary N) is 1. The minimum atomic E-state index is -0.679. The standard InChI is InChI=1S/C20H15Cl2FN2O2S/c1-9-7-28-8-13(9)12-6-26-18-11(12)5-25-20(24)19(18)27-10(2)16-14(21)3-4-15(23)17(16)22/h3-8,10H,1-2H3,(H2,24,25). The second kappa shape index (κ2) is 7.28. The van der Waals surface area contributed by atoms with Crippen molar-refractivity contribution in [3.63, 3.8) is 0 Å². The van der Waals surface area contributed by atoms with Gasteiger partial charge in [-0.15, -0.1) is 0 Å². The van der Waals surface area contributed by atoms with Gasteiger partial charge in [-0.25, -0.2) is 9.37 Å². The molecule has 4 aromatic rings. The van der Waals surface area contributed by atoms with E-state index in [2.05, 4.69) is 10.4 Å². The highest BCUT2D eigenvalue weighted by Gasteiger charge is 2.23. The van der Waals surface area contributed by atoms with Gasteiger partial charge in [0, 0.05) is 22.3 Å². The molecule has 1 unspecified atom stereocenters. The zero-order chi connectivity index (χ0) is 20.0. The Hall–Kier alpha value is -2.28. The van der Waals surface area contributed by atoms with Crippen LogP contribution in [0.5, 0.6) is 5.75 Å². The number of thiophene rings is 1. The summed E-state index contributed by atoms with van der Waals surface area (Å²) in [6.07, 6.45) is 2.63. The summed E-state index contributed by atoms with van der Waals surface area (Å²) in [7, 11) is 0. The molecule has 0 fully saturated rings. The second-order valence-electron chi connectivity index (χ2n) is 6.35. The van der Waals surface area contributed by atoms with Crippen molar-refractivity contribution in [1.29, 1.82) is 0 Å². The number of benzene rings is 1. The van der Waals surface area contributed by atoms with Crippen LogP contribution in [0.15, 0.2) is 39.8 Å². The summed E-state index contributed by atoms with van der Waals surface area (Å²) < 4.78 is 25.7. The van der Waals surface area contributed by atoms with Crippen LogP contribution in [0.3, 0.4) is 0 Å². The first-order chi connectivity index (χ1) is 13.4. The van der Waals surface area contributed by atoms with E-state index in [1.807, 2.05) is 12.3 Å². The van der Waals surface area contributed by atoms with E-state index < -0.39 is 11.9 Å². The molecule has 3 aromatic heterocycles. The van der Waals surface area contributed by atoms with Crippen LogP contribution >= 0.6 is 34.5 Å². The maximum absolute atomic E-state index is 13.9. The van der Waals surface area contributed by atoms with Crippen molar-refractivity contribution in [2.45, 2.75) is 20.0 Å². The van der Waals surface area contributed by atoms with Crippen molar-refractivity contribution in [3.8, 4) is 16.9 Å². The molecular formula is C20H15Cl2FN2O2S. The monoisotopic (exact) mass is 436 g/mol. The molecule has 0 bridgehead atoms. The number of aryl methyl sites for hydroxylation is 1. The van der Waals surface area contributed by atoms with Crippen molar-refractivity contribution in [2.75, 3.05) is 5.73 Å². The topological polar surface area (TPSA) is 61.3 Å². The van der Waals surface area contributed by atoms with Gasteiger partial charge < -0.3 is 14.9 Å². The zero-order valence-electron chi connectivity index (χ0n) is 14.9. The first kappa shape index (κ1) is 19.1. The number of fused-ring (bicyclic) bond motifs is 1. The normalized spacial score (nSPS) is 12.5. The number of pyridine rings is 1. The second-order valence-corrected chi connectivity index (χ2v) is 7.88. The number of ether oxygens (including phenoxy) is 1. The molecule has 144 valence electrons. The fraction of sp³-hybridized carbons (Fsp3) is 0.150. The lowest BCUT2D eigenvalue weighted by Crippen LogP contribution is -2.08. The summed E-state index contributed by atoms with van der Waals surface area (Å²) >= 11 is 13.9. The number of aromatic nitrogens is 1. The van der Waals surface area contributed by atoms with Crippen LogP contribution in [0.25, 0.3) is 22.1 Å². The molecular weight excluding hydrogens is 422 g/mol. The lowest BCUT2D eigenvalue weighted by atomic mass is 10.1. The third-order valence-corrected chi connectivity index (χ3v) is 6.10. The van der Waals surface area contributed by atoms with Gasteiger partial charge in [0.05, 0.1) is 16.7 Å². The Kier molecular flexibility index (Phi) is 4.95. The van der Waals surface area contributed by atoms with Crippen LogP contribution in [-0.2, 0) is 0 Å². The number of rotatable bonds is 4. The average Bonchev–Trinajstić information content (AvgIpc) is 3.26. The Morgan fingerprint density at radius 3 is 2.75 bits per heavy atom. The molecule has 0 amide bonds. The van der Waals surface area contributed by atoms with Gasteiger partial charge >= 0.3 is 0 Å². The number of hydrogen-bond acceptors (Lipinski definition) is 5. The molecule has 0 radical (unpaired) electrons. The smallest absolute Gasteiger partial charge is 0.205 e. The molecule has 0 aliphatic heterocycles. The van der Waals surface area contributed by atoms with Gasteiger partial charge in [0.25, 0.3) is 0 Å². The molecule has 0 saturated carbocycles. The minimum Gasteiger partial charge on any atom is -0.478 e. The van der Waals surface area contributed by atoms with E-state index in [1.54, 1.807) is 30.7 Å². The van der Waals surface area contributed by atoms with Gasteiger partial charge in [-0.05, 0) is 47.9 Å². The number of nitrogens with zero attached hydrogens (tertiary/aromatic N) is 1. The van der Waals surface area contributed by atoms with E-state index in [-0.39, 0.29) is 16.6 Å². The highest BCUT2D eigenvalue weighted by Crippen LogP contribution is 2.42. The molecule has 4 nitrogen and oxygen atoms in total. The summed E-state index contributed by atoms with van der Waals surface area (Å²) in [5.41, 5.74) is 9.94. The van der Waals surface area contributed by atoms with Crippen molar-refractivity contribution >= 4 is 51.3 Å². The Balaban J connectivity index is 1.80. The van der Waals surface area contributed by atoms with Gasteiger partial charge in [-0.2, -0.15) is 11.3 Å². The largest absolute Gasteiger partial charge is 0.478 e. The molecule has 2 N–H and O–H groups in total. The average molecular weight is 437 g/mol. The van der Waals surface area contributed by atoms with Crippen LogP contribution < -0.4 is 10.5 Å². The molecule has 3 heterocycles. The molecule has 8 heteroatoms. The summed E-state index contributed by atoms with van der Waals surface area (Å²) in [4.78, 5) is 4.24. The molecule has 0 saturated heterocycles. The van der Waals surface area contributed by atoms with Crippen LogP contribution in [0.1, 0.15) is 24.2 Å². The highest BCUT2D eigenvalue weighted by molar-refractivity contribution is 7.08. The lowest BCUT2D eigenvalue weighted by molar-refractivity contribution is 0.227. The van der Waals surface area contributed by atoms with Crippen molar-refractivity contribution in [3.05, 3.63) is 62.3 Å². The van der Waals surface area contributed by atoms with Gasteiger partial charge in [-0.1, -0.05) is 23.2 Å². The van der Waals surface area contributed by atoms with E-state index in [4.69, 9.17) is 38.1 Å². The predicted molar refractivity (Wildman–Crippen MR) is 112 cm³/mol. The van der Waals surface area contributed by atoms with Gasteiger partial charge in [-0.3, -0.25) is 0 Å². The summed E-state index contributed by atoms with van der Waals surface area (Å²) in [5, 5.41) is 5.09. The summed E-state index contributed by atoms with van der Waals surface area (Å²) in [6, 6.07) is 2.64. The Labute approximate surface area is 174 Å². The fourth-order valence-electron chi connectivity index (χ4n) is 3.09. The number of halogens is 3. The number of hydrogen-bond donors (Lipinski definition) is 1. The predicted octanol–water partition coefficient (Wildman–Crippen LogP) is 7.03. The van der Waals surface area contributed by atoms with Crippen LogP contribution in [0.4, 0.5) is 10.2 Å². The molecule has 0 aliphatic rings. The van der Waals surface area contributed by atoms with Gasteiger partial charge in [0.15, 0.2) is 11.4 Å². The number of furan rings is 1. The van der Waals surface area contributed by atoms with E-state index in [0.29, 0.717) is 16.2 Å². The maximum atomic E-state index is 13.9. The molecule has 0 spiro atoms. The maximum Gasteiger partial charge on any atom is 0.205 e. The van der Waals surface area contributed by atoms with Crippen molar-refractivity contribution in [2.24, 2.45) is 0 Å². The van der Waals surface area contributed by atoms with Crippen molar-refractivity contribution < 1.29 is 13.5 Å². The third-order valence-electron chi connectivity index (χ3n) is 4.53. The SMILES string of the molecule is Cc1cscc1-c1coc2c(OC(C)c3c(Cl)ccc(F)c3Cl)c(N)ncc12. The first-order valence-electron chi connectivity index (χ1n) is 8.37.